The Bertz CT molecular complexity index is 639. The molecule has 6 heteroatoms. The van der Waals surface area contributed by atoms with Crippen LogP contribution in [0.15, 0.2) is 53.6 Å². The van der Waals surface area contributed by atoms with Gasteiger partial charge in [-0.15, -0.1) is 0 Å². The number of benzene rings is 2. The predicted molar refractivity (Wildman–Crippen MR) is 80.6 cm³/mol. The number of halogens is 1. The smallest absolute Gasteiger partial charge is 0.277 e. The number of methoxy groups -OCH3 is 1. The van der Waals surface area contributed by atoms with Crippen LogP contribution in [0.25, 0.3) is 0 Å². The van der Waals surface area contributed by atoms with Crippen LogP contribution in [0.5, 0.6) is 11.5 Å². The number of amides is 1. The van der Waals surface area contributed by atoms with Crippen LogP contribution in [-0.4, -0.2) is 25.8 Å². The summed E-state index contributed by atoms with van der Waals surface area (Å²) in [5.74, 6) is 0.388. The lowest BCUT2D eigenvalue weighted by Gasteiger charge is -2.04. The van der Waals surface area contributed by atoms with Crippen molar-refractivity contribution in [2.24, 2.45) is 5.10 Å². The number of rotatable bonds is 6. The summed E-state index contributed by atoms with van der Waals surface area (Å²) in [7, 11) is 1.59. The van der Waals surface area contributed by atoms with Crippen LogP contribution < -0.4 is 14.9 Å². The molecule has 0 radical (unpaired) electrons. The minimum atomic E-state index is -0.408. The average molecular weight is 302 g/mol. The van der Waals surface area contributed by atoms with Crippen molar-refractivity contribution >= 4 is 12.1 Å². The van der Waals surface area contributed by atoms with Gasteiger partial charge in [-0.3, -0.25) is 4.79 Å². The molecule has 0 fully saturated rings. The van der Waals surface area contributed by atoms with Crippen LogP contribution in [-0.2, 0) is 4.79 Å². The molecule has 1 amide bonds. The third-order valence-electron chi connectivity index (χ3n) is 2.70. The fourth-order valence-electron chi connectivity index (χ4n) is 1.58. The van der Waals surface area contributed by atoms with Crippen molar-refractivity contribution in [2.45, 2.75) is 0 Å². The molecule has 0 unspecified atom stereocenters. The van der Waals surface area contributed by atoms with Gasteiger partial charge in [-0.2, -0.15) is 5.10 Å². The second kappa shape index (κ2) is 7.78. The van der Waals surface area contributed by atoms with E-state index in [2.05, 4.69) is 10.5 Å². The molecular formula is C16H15FN2O3. The number of carbonyl (C=O) groups excluding carboxylic acids is 1. The first-order valence-electron chi connectivity index (χ1n) is 6.52. The lowest BCUT2D eigenvalue weighted by Crippen LogP contribution is -2.24. The van der Waals surface area contributed by atoms with Gasteiger partial charge < -0.3 is 9.47 Å². The van der Waals surface area contributed by atoms with Gasteiger partial charge in [0.15, 0.2) is 6.61 Å². The van der Waals surface area contributed by atoms with Crippen LogP contribution in [0.1, 0.15) is 5.56 Å². The van der Waals surface area contributed by atoms with E-state index < -0.39 is 5.91 Å². The van der Waals surface area contributed by atoms with E-state index in [0.717, 1.165) is 11.3 Å². The highest BCUT2D eigenvalue weighted by Gasteiger charge is 2.01. The molecule has 0 aliphatic heterocycles. The largest absolute Gasteiger partial charge is 0.497 e. The quantitative estimate of drug-likeness (QED) is 0.658. The van der Waals surface area contributed by atoms with Crippen molar-refractivity contribution in [3.8, 4) is 11.5 Å². The van der Waals surface area contributed by atoms with Crippen molar-refractivity contribution in [1.82, 2.24) is 5.43 Å². The van der Waals surface area contributed by atoms with E-state index in [9.17, 15) is 9.18 Å². The molecule has 0 aromatic heterocycles. The van der Waals surface area contributed by atoms with Crippen LogP contribution in [0.3, 0.4) is 0 Å². The summed E-state index contributed by atoms with van der Waals surface area (Å²) >= 11 is 0. The standard InChI is InChI=1S/C16H15FN2O3/c1-21-14-6-2-12(3-7-14)10-18-19-16(20)11-22-15-8-4-13(17)5-9-15/h2-10H,11H2,1H3,(H,19,20)/b18-10-. The molecule has 1 N–H and O–H groups in total. The maximum atomic E-state index is 12.7. The predicted octanol–water partition coefficient (Wildman–Crippen LogP) is 2.36. The van der Waals surface area contributed by atoms with Crippen molar-refractivity contribution in [3.63, 3.8) is 0 Å². The van der Waals surface area contributed by atoms with Gasteiger partial charge in [0, 0.05) is 0 Å². The Labute approximate surface area is 127 Å². The monoisotopic (exact) mass is 302 g/mol. The summed E-state index contributed by atoms with van der Waals surface area (Å²) in [4.78, 5) is 11.5. The number of hydrazone groups is 1. The molecule has 0 aliphatic carbocycles. The van der Waals surface area contributed by atoms with E-state index in [1.165, 1.54) is 30.5 Å². The molecule has 22 heavy (non-hydrogen) atoms. The summed E-state index contributed by atoms with van der Waals surface area (Å²) in [6.07, 6.45) is 1.51. The summed E-state index contributed by atoms with van der Waals surface area (Å²) in [6.45, 7) is -0.203. The second-order valence-corrected chi connectivity index (χ2v) is 4.31. The third kappa shape index (κ3) is 4.90. The van der Waals surface area contributed by atoms with E-state index in [-0.39, 0.29) is 12.4 Å². The first-order chi connectivity index (χ1) is 10.7. The summed E-state index contributed by atoms with van der Waals surface area (Å²) < 4.78 is 22.9. The molecule has 0 atom stereocenters. The van der Waals surface area contributed by atoms with Crippen LogP contribution in [0.4, 0.5) is 4.39 Å². The number of nitrogens with zero attached hydrogens (tertiary/aromatic N) is 1. The minimum absolute atomic E-state index is 0.203. The normalized spacial score (nSPS) is 10.5. The Morgan fingerprint density at radius 2 is 1.77 bits per heavy atom. The molecule has 2 rings (SSSR count). The average Bonchev–Trinajstić information content (AvgIpc) is 2.55. The Kier molecular flexibility index (Phi) is 5.48. The summed E-state index contributed by atoms with van der Waals surface area (Å²) in [5.41, 5.74) is 3.16. The number of nitrogens with one attached hydrogen (secondary N) is 1. The minimum Gasteiger partial charge on any atom is -0.497 e. The zero-order valence-electron chi connectivity index (χ0n) is 12.0. The zero-order valence-corrected chi connectivity index (χ0v) is 12.0. The summed E-state index contributed by atoms with van der Waals surface area (Å²) in [6, 6.07) is 12.6. The van der Waals surface area contributed by atoms with E-state index in [0.29, 0.717) is 5.75 Å². The Morgan fingerprint density at radius 3 is 2.41 bits per heavy atom. The molecule has 0 bridgehead atoms. The Hall–Kier alpha value is -2.89. The lowest BCUT2D eigenvalue weighted by molar-refractivity contribution is -0.123. The SMILES string of the molecule is COc1ccc(/C=N\NC(=O)COc2ccc(F)cc2)cc1. The van der Waals surface area contributed by atoms with E-state index in [1.807, 2.05) is 12.1 Å². The molecule has 114 valence electrons. The number of hydrogen-bond donors (Lipinski definition) is 1. The van der Waals surface area contributed by atoms with Gasteiger partial charge in [-0.05, 0) is 54.1 Å². The van der Waals surface area contributed by atoms with Crippen molar-refractivity contribution in [1.29, 1.82) is 0 Å². The van der Waals surface area contributed by atoms with E-state index in [4.69, 9.17) is 9.47 Å². The van der Waals surface area contributed by atoms with Gasteiger partial charge in [0.25, 0.3) is 5.91 Å². The molecule has 0 saturated heterocycles. The first kappa shape index (κ1) is 15.5. The van der Waals surface area contributed by atoms with E-state index in [1.54, 1.807) is 19.2 Å². The molecule has 0 aliphatic rings. The van der Waals surface area contributed by atoms with Crippen molar-refractivity contribution in [3.05, 3.63) is 59.9 Å². The van der Waals surface area contributed by atoms with Gasteiger partial charge in [0.2, 0.25) is 0 Å². The third-order valence-corrected chi connectivity index (χ3v) is 2.70. The molecule has 2 aromatic carbocycles. The number of hydrogen-bond acceptors (Lipinski definition) is 4. The highest BCUT2D eigenvalue weighted by molar-refractivity contribution is 5.83. The van der Waals surface area contributed by atoms with Gasteiger partial charge in [0.1, 0.15) is 17.3 Å². The van der Waals surface area contributed by atoms with Gasteiger partial charge in [0.05, 0.1) is 13.3 Å². The second-order valence-electron chi connectivity index (χ2n) is 4.31. The highest BCUT2D eigenvalue weighted by Crippen LogP contribution is 2.11. The Morgan fingerprint density at radius 1 is 1.14 bits per heavy atom. The van der Waals surface area contributed by atoms with Gasteiger partial charge in [-0.1, -0.05) is 0 Å². The van der Waals surface area contributed by atoms with E-state index >= 15 is 0 Å². The molecule has 5 nitrogen and oxygen atoms in total. The number of carbonyl (C=O) groups is 1. The lowest BCUT2D eigenvalue weighted by atomic mass is 10.2. The molecular weight excluding hydrogens is 287 g/mol. The van der Waals surface area contributed by atoms with Gasteiger partial charge >= 0.3 is 0 Å². The van der Waals surface area contributed by atoms with Crippen LogP contribution in [0, 0.1) is 5.82 Å². The first-order valence-corrected chi connectivity index (χ1v) is 6.52. The molecule has 0 heterocycles. The summed E-state index contributed by atoms with van der Waals surface area (Å²) in [5, 5.41) is 3.82. The Balaban J connectivity index is 1.76. The molecule has 0 saturated carbocycles. The maximum absolute atomic E-state index is 12.7. The van der Waals surface area contributed by atoms with Crippen molar-refractivity contribution in [2.75, 3.05) is 13.7 Å². The fourth-order valence-corrected chi connectivity index (χ4v) is 1.58. The highest BCUT2D eigenvalue weighted by atomic mass is 19.1. The number of ether oxygens (including phenoxy) is 2. The van der Waals surface area contributed by atoms with Crippen LogP contribution in [0.2, 0.25) is 0 Å². The van der Waals surface area contributed by atoms with Gasteiger partial charge in [-0.25, -0.2) is 9.82 Å². The molecule has 2 aromatic rings. The molecule has 0 spiro atoms. The topological polar surface area (TPSA) is 59.9 Å². The van der Waals surface area contributed by atoms with Crippen molar-refractivity contribution < 1.29 is 18.7 Å². The maximum Gasteiger partial charge on any atom is 0.277 e. The zero-order chi connectivity index (χ0) is 15.8. The van der Waals surface area contributed by atoms with Crippen LogP contribution >= 0.6 is 0 Å². The fraction of sp³-hybridized carbons (Fsp3) is 0.125.